The zero-order valence-electron chi connectivity index (χ0n) is 11.2. The molecule has 1 aromatic rings. The van der Waals surface area contributed by atoms with Crippen molar-refractivity contribution in [2.45, 2.75) is 36.9 Å². The van der Waals surface area contributed by atoms with E-state index in [4.69, 9.17) is 20.2 Å². The summed E-state index contributed by atoms with van der Waals surface area (Å²) in [6.07, 6.45) is 1.75. The van der Waals surface area contributed by atoms with Gasteiger partial charge in [0, 0.05) is 22.8 Å². The molecule has 0 amide bonds. The summed E-state index contributed by atoms with van der Waals surface area (Å²) in [6, 6.07) is 3.28. The van der Waals surface area contributed by atoms with E-state index in [0.717, 1.165) is 18.9 Å². The van der Waals surface area contributed by atoms with Crippen molar-refractivity contribution in [3.63, 3.8) is 0 Å². The van der Waals surface area contributed by atoms with Crippen molar-refractivity contribution in [3.8, 4) is 5.75 Å². The third-order valence-corrected chi connectivity index (χ3v) is 4.49. The first kappa shape index (κ1) is 16.0. The van der Waals surface area contributed by atoms with Gasteiger partial charge in [-0.15, -0.1) is 0 Å². The van der Waals surface area contributed by atoms with Crippen molar-refractivity contribution in [1.29, 1.82) is 0 Å². The van der Waals surface area contributed by atoms with Gasteiger partial charge in [0.2, 0.25) is 0 Å². The minimum Gasteiger partial charge on any atom is -0.489 e. The third kappa shape index (κ3) is 4.05. The Bertz CT molecular complexity index is 647. The lowest BCUT2D eigenvalue weighted by Gasteiger charge is -2.14. The van der Waals surface area contributed by atoms with Gasteiger partial charge in [0.1, 0.15) is 17.3 Å². The molecule has 0 spiro atoms. The summed E-state index contributed by atoms with van der Waals surface area (Å²) in [7, 11) is 1.15. The van der Waals surface area contributed by atoms with Crippen LogP contribution in [0.3, 0.4) is 0 Å². The van der Waals surface area contributed by atoms with E-state index in [1.165, 1.54) is 12.1 Å². The highest BCUT2D eigenvalue weighted by atomic mass is 35.7. The van der Waals surface area contributed by atoms with E-state index in [-0.39, 0.29) is 30.3 Å². The Labute approximate surface area is 126 Å². The number of nitro benzene ring substituents is 1. The maximum absolute atomic E-state index is 11.5. The van der Waals surface area contributed by atoms with E-state index >= 15 is 0 Å². The summed E-state index contributed by atoms with van der Waals surface area (Å²) < 4.78 is 34.0. The zero-order valence-corrected chi connectivity index (χ0v) is 12.8. The van der Waals surface area contributed by atoms with Gasteiger partial charge in [-0.3, -0.25) is 10.1 Å². The van der Waals surface area contributed by atoms with Crippen LogP contribution in [0.25, 0.3) is 0 Å². The standard InChI is InChI=1S/C12H14ClNO6S/c1-8-2-4-10(20-8)7-19-11-5-3-9(14(15)16)6-12(11)21(13,17)18/h3,5-6,8,10H,2,4,7H2,1H3. The first-order chi connectivity index (χ1) is 9.77. The van der Waals surface area contributed by atoms with Crippen LogP contribution in [-0.2, 0) is 13.8 Å². The van der Waals surface area contributed by atoms with Gasteiger partial charge in [-0.1, -0.05) is 0 Å². The molecule has 0 saturated carbocycles. The molecule has 0 aliphatic carbocycles. The molecule has 0 aromatic heterocycles. The first-order valence-electron chi connectivity index (χ1n) is 6.28. The molecular weight excluding hydrogens is 322 g/mol. The molecule has 0 N–H and O–H groups in total. The summed E-state index contributed by atoms with van der Waals surface area (Å²) in [6.45, 7) is 2.11. The van der Waals surface area contributed by atoms with E-state index in [1.54, 1.807) is 0 Å². The molecule has 1 fully saturated rings. The minimum absolute atomic E-state index is 0.0150. The fraction of sp³-hybridized carbons (Fsp3) is 0.500. The molecule has 2 atom stereocenters. The second kappa shape index (κ2) is 6.17. The maximum Gasteiger partial charge on any atom is 0.271 e. The van der Waals surface area contributed by atoms with Crippen LogP contribution >= 0.6 is 10.7 Å². The van der Waals surface area contributed by atoms with Crippen LogP contribution in [0.4, 0.5) is 5.69 Å². The maximum atomic E-state index is 11.5. The number of rotatable bonds is 5. The molecule has 1 aliphatic rings. The average Bonchev–Trinajstić information content (AvgIpc) is 2.81. The van der Waals surface area contributed by atoms with Crippen LogP contribution in [-0.4, -0.2) is 32.2 Å². The molecule has 2 rings (SSSR count). The fourth-order valence-corrected chi connectivity index (χ4v) is 3.10. The third-order valence-electron chi connectivity index (χ3n) is 3.15. The second-order valence-electron chi connectivity index (χ2n) is 4.78. The monoisotopic (exact) mass is 335 g/mol. The lowest BCUT2D eigenvalue weighted by atomic mass is 10.2. The minimum atomic E-state index is -4.14. The molecule has 7 nitrogen and oxygen atoms in total. The summed E-state index contributed by atoms with van der Waals surface area (Å²) in [5.41, 5.74) is -0.368. The van der Waals surface area contributed by atoms with Crippen LogP contribution in [0.2, 0.25) is 0 Å². The zero-order chi connectivity index (χ0) is 15.6. The molecule has 2 unspecified atom stereocenters. The SMILES string of the molecule is CC1CCC(COc2ccc([N+](=O)[O-])cc2S(=O)(=O)Cl)O1. The highest BCUT2D eigenvalue weighted by molar-refractivity contribution is 8.13. The number of nitrogens with zero attached hydrogens (tertiary/aromatic N) is 1. The Kier molecular flexibility index (Phi) is 4.70. The Morgan fingerprint density at radius 2 is 2.19 bits per heavy atom. The number of benzene rings is 1. The Balaban J connectivity index is 2.20. The number of halogens is 1. The van der Waals surface area contributed by atoms with Crippen molar-refractivity contribution >= 4 is 25.4 Å². The van der Waals surface area contributed by atoms with Gasteiger partial charge in [-0.05, 0) is 25.8 Å². The van der Waals surface area contributed by atoms with Gasteiger partial charge in [-0.2, -0.15) is 0 Å². The van der Waals surface area contributed by atoms with Gasteiger partial charge in [0.15, 0.2) is 0 Å². The fourth-order valence-electron chi connectivity index (χ4n) is 2.11. The van der Waals surface area contributed by atoms with Crippen molar-refractivity contribution in [2.24, 2.45) is 0 Å². The average molecular weight is 336 g/mol. The normalized spacial score (nSPS) is 22.2. The van der Waals surface area contributed by atoms with Crippen molar-refractivity contribution in [3.05, 3.63) is 28.3 Å². The van der Waals surface area contributed by atoms with Crippen LogP contribution in [0.5, 0.6) is 5.75 Å². The van der Waals surface area contributed by atoms with Gasteiger partial charge in [-0.25, -0.2) is 8.42 Å². The van der Waals surface area contributed by atoms with Crippen LogP contribution in [0.15, 0.2) is 23.1 Å². The lowest BCUT2D eigenvalue weighted by Crippen LogP contribution is -2.18. The van der Waals surface area contributed by atoms with Gasteiger partial charge in [0.05, 0.1) is 17.1 Å². The Hall–Kier alpha value is -1.38. The van der Waals surface area contributed by atoms with E-state index in [9.17, 15) is 18.5 Å². The molecule has 1 aliphatic heterocycles. The van der Waals surface area contributed by atoms with Gasteiger partial charge >= 0.3 is 0 Å². The molecule has 116 valence electrons. The highest BCUT2D eigenvalue weighted by Gasteiger charge is 2.25. The summed E-state index contributed by atoms with van der Waals surface area (Å²) in [5.74, 6) is -0.0150. The van der Waals surface area contributed by atoms with E-state index in [1.807, 2.05) is 6.92 Å². The molecule has 0 radical (unpaired) electrons. The summed E-state index contributed by atoms with van der Waals surface area (Å²) in [5, 5.41) is 10.7. The predicted molar refractivity (Wildman–Crippen MR) is 75.2 cm³/mol. The van der Waals surface area contributed by atoms with Gasteiger partial charge in [0.25, 0.3) is 14.7 Å². The number of hydrogen-bond acceptors (Lipinski definition) is 6. The first-order valence-corrected chi connectivity index (χ1v) is 8.59. The molecule has 1 saturated heterocycles. The highest BCUT2D eigenvalue weighted by Crippen LogP contribution is 2.31. The van der Waals surface area contributed by atoms with E-state index in [0.29, 0.717) is 0 Å². The van der Waals surface area contributed by atoms with Crippen LogP contribution < -0.4 is 4.74 Å². The molecular formula is C12H14ClNO6S. The van der Waals surface area contributed by atoms with Crippen LogP contribution in [0, 0.1) is 10.1 Å². The summed E-state index contributed by atoms with van der Waals surface area (Å²) in [4.78, 5) is 9.59. The molecule has 1 heterocycles. The smallest absolute Gasteiger partial charge is 0.271 e. The predicted octanol–water partition coefficient (Wildman–Crippen LogP) is 2.47. The topological polar surface area (TPSA) is 95.7 Å². The van der Waals surface area contributed by atoms with Gasteiger partial charge < -0.3 is 9.47 Å². The Morgan fingerprint density at radius 3 is 2.71 bits per heavy atom. The molecule has 0 bridgehead atoms. The summed E-state index contributed by atoms with van der Waals surface area (Å²) >= 11 is 0. The number of ether oxygens (including phenoxy) is 2. The Morgan fingerprint density at radius 1 is 1.48 bits per heavy atom. The molecule has 1 aromatic carbocycles. The quantitative estimate of drug-likeness (QED) is 0.466. The lowest BCUT2D eigenvalue weighted by molar-refractivity contribution is -0.385. The van der Waals surface area contributed by atoms with Crippen LogP contribution in [0.1, 0.15) is 19.8 Å². The van der Waals surface area contributed by atoms with Crippen molar-refractivity contribution < 1.29 is 22.8 Å². The molecule has 9 heteroatoms. The van der Waals surface area contributed by atoms with Crippen molar-refractivity contribution in [1.82, 2.24) is 0 Å². The number of non-ortho nitro benzene ring substituents is 1. The van der Waals surface area contributed by atoms with E-state index in [2.05, 4.69) is 0 Å². The second-order valence-corrected chi connectivity index (χ2v) is 7.32. The van der Waals surface area contributed by atoms with Crippen molar-refractivity contribution in [2.75, 3.05) is 6.61 Å². The largest absolute Gasteiger partial charge is 0.489 e. The number of nitro groups is 1. The van der Waals surface area contributed by atoms with E-state index < -0.39 is 18.9 Å². The number of hydrogen-bond donors (Lipinski definition) is 0. The molecule has 21 heavy (non-hydrogen) atoms.